The Kier molecular flexibility index (Phi) is 5.01. The van der Waals surface area contributed by atoms with Gasteiger partial charge in [-0.15, -0.1) is 0 Å². The molecule has 3 rings (SSSR count). The second kappa shape index (κ2) is 7.37. The minimum atomic E-state index is -0.382. The Hall–Kier alpha value is -2.84. The van der Waals surface area contributed by atoms with Crippen LogP contribution in [0, 0.1) is 18.3 Å². The maximum absolute atomic E-state index is 12.0. The van der Waals surface area contributed by atoms with Gasteiger partial charge in [0.1, 0.15) is 24.0 Å². The summed E-state index contributed by atoms with van der Waals surface area (Å²) in [6.07, 6.45) is 0. The minimum Gasteiger partial charge on any atom is -0.488 e. The first-order valence-corrected chi connectivity index (χ1v) is 8.48. The zero-order chi connectivity index (χ0) is 17.8. The van der Waals surface area contributed by atoms with Gasteiger partial charge in [0.25, 0.3) is 5.56 Å². The molecule has 5 heteroatoms. The van der Waals surface area contributed by atoms with Crippen molar-refractivity contribution < 1.29 is 4.74 Å². The van der Waals surface area contributed by atoms with Crippen LogP contribution in [0.25, 0.3) is 11.1 Å². The number of aromatic nitrogens is 1. The van der Waals surface area contributed by atoms with E-state index in [0.29, 0.717) is 23.6 Å². The van der Waals surface area contributed by atoms with Gasteiger partial charge in [0.15, 0.2) is 0 Å². The van der Waals surface area contributed by atoms with Crippen LogP contribution in [0.4, 0.5) is 0 Å². The average molecular weight is 395 g/mol. The highest BCUT2D eigenvalue weighted by Gasteiger charge is 2.12. The number of nitriles is 1. The molecule has 0 unspecified atom stereocenters. The number of benzene rings is 2. The molecule has 0 aliphatic carbocycles. The predicted octanol–water partition coefficient (Wildman–Crippen LogP) is 4.56. The van der Waals surface area contributed by atoms with E-state index in [-0.39, 0.29) is 11.1 Å². The van der Waals surface area contributed by atoms with Gasteiger partial charge < -0.3 is 9.72 Å². The molecule has 1 aromatic heterocycles. The number of halogens is 1. The number of pyridine rings is 1. The first kappa shape index (κ1) is 17.0. The van der Waals surface area contributed by atoms with Crippen LogP contribution in [0.1, 0.15) is 16.8 Å². The highest BCUT2D eigenvalue weighted by atomic mass is 79.9. The Labute approximate surface area is 153 Å². The molecule has 1 heterocycles. The van der Waals surface area contributed by atoms with Crippen molar-refractivity contribution >= 4 is 15.9 Å². The molecule has 1 N–H and O–H groups in total. The number of aromatic amines is 1. The Bertz CT molecular complexity index is 1000. The van der Waals surface area contributed by atoms with Crippen LogP contribution in [0.5, 0.6) is 5.75 Å². The third-order valence-corrected chi connectivity index (χ3v) is 4.41. The first-order chi connectivity index (χ1) is 12.1. The number of hydrogen-bond donors (Lipinski definition) is 1. The van der Waals surface area contributed by atoms with E-state index in [0.717, 1.165) is 15.6 Å². The Morgan fingerprint density at radius 2 is 1.92 bits per heavy atom. The molecule has 0 fully saturated rings. The molecule has 2 aromatic carbocycles. The molecule has 25 heavy (non-hydrogen) atoms. The first-order valence-electron chi connectivity index (χ1n) is 7.69. The fraction of sp³-hybridized carbons (Fsp3) is 0.100. The summed E-state index contributed by atoms with van der Waals surface area (Å²) in [6.45, 7) is 2.22. The molecule has 0 radical (unpaired) electrons. The van der Waals surface area contributed by atoms with Crippen LogP contribution in [0.3, 0.4) is 0 Å². The maximum Gasteiger partial charge on any atom is 0.266 e. The lowest BCUT2D eigenvalue weighted by atomic mass is 10.0. The van der Waals surface area contributed by atoms with Gasteiger partial charge in [-0.25, -0.2) is 0 Å². The van der Waals surface area contributed by atoms with E-state index in [2.05, 4.69) is 20.9 Å². The molecule has 0 aliphatic heterocycles. The van der Waals surface area contributed by atoms with Crippen LogP contribution in [-0.4, -0.2) is 4.98 Å². The second-order valence-corrected chi connectivity index (χ2v) is 6.46. The monoisotopic (exact) mass is 394 g/mol. The molecule has 124 valence electrons. The molecule has 0 saturated heterocycles. The zero-order valence-corrected chi connectivity index (χ0v) is 15.1. The Morgan fingerprint density at radius 3 is 2.64 bits per heavy atom. The minimum absolute atomic E-state index is 0.0990. The summed E-state index contributed by atoms with van der Waals surface area (Å²) in [7, 11) is 0. The number of rotatable bonds is 4. The van der Waals surface area contributed by atoms with Gasteiger partial charge in [-0.1, -0.05) is 36.4 Å². The highest BCUT2D eigenvalue weighted by Crippen LogP contribution is 2.32. The van der Waals surface area contributed by atoms with Crippen molar-refractivity contribution in [2.24, 2.45) is 0 Å². The standard InChI is InChI=1S/C20H15BrN2O2/c1-13-9-16(17(11-22)20(24)23-13)15-7-8-18(21)19(10-15)25-12-14-5-3-2-4-6-14/h2-10H,12H2,1H3,(H,23,24). The maximum atomic E-state index is 12.0. The van der Waals surface area contributed by atoms with Gasteiger partial charge in [0.05, 0.1) is 4.47 Å². The molecular formula is C20H15BrN2O2. The molecule has 0 saturated carbocycles. The van der Waals surface area contributed by atoms with Gasteiger partial charge in [-0.2, -0.15) is 5.26 Å². The number of hydrogen-bond acceptors (Lipinski definition) is 3. The lowest BCUT2D eigenvalue weighted by Gasteiger charge is -2.11. The van der Waals surface area contributed by atoms with Crippen molar-refractivity contribution in [3.05, 3.63) is 86.2 Å². The summed E-state index contributed by atoms with van der Waals surface area (Å²) in [5, 5.41) is 9.32. The summed E-state index contributed by atoms with van der Waals surface area (Å²) < 4.78 is 6.72. The fourth-order valence-corrected chi connectivity index (χ4v) is 2.91. The highest BCUT2D eigenvalue weighted by molar-refractivity contribution is 9.10. The summed E-state index contributed by atoms with van der Waals surface area (Å²) >= 11 is 3.48. The van der Waals surface area contributed by atoms with Crippen LogP contribution in [-0.2, 0) is 6.61 Å². The number of nitrogens with one attached hydrogen (secondary N) is 1. The van der Waals surface area contributed by atoms with Crippen LogP contribution < -0.4 is 10.3 Å². The third kappa shape index (κ3) is 3.81. The van der Waals surface area contributed by atoms with Crippen molar-refractivity contribution in [3.63, 3.8) is 0 Å². The quantitative estimate of drug-likeness (QED) is 0.704. The molecule has 0 atom stereocenters. The van der Waals surface area contributed by atoms with Crippen LogP contribution in [0.2, 0.25) is 0 Å². The zero-order valence-electron chi connectivity index (χ0n) is 13.5. The summed E-state index contributed by atoms with van der Waals surface area (Å²) in [4.78, 5) is 14.7. The number of H-pyrrole nitrogens is 1. The van der Waals surface area contributed by atoms with E-state index >= 15 is 0 Å². The van der Waals surface area contributed by atoms with Gasteiger partial charge in [0.2, 0.25) is 0 Å². The van der Waals surface area contributed by atoms with E-state index in [4.69, 9.17) is 4.74 Å². The van der Waals surface area contributed by atoms with Gasteiger partial charge in [0, 0.05) is 11.3 Å². The number of nitrogens with zero attached hydrogens (tertiary/aromatic N) is 1. The normalized spacial score (nSPS) is 10.3. The SMILES string of the molecule is Cc1cc(-c2ccc(Br)c(OCc3ccccc3)c2)c(C#N)c(=O)[nH]1. The van der Waals surface area contributed by atoms with Gasteiger partial charge in [-0.3, -0.25) is 4.79 Å². The van der Waals surface area contributed by atoms with E-state index in [1.165, 1.54) is 0 Å². The number of aryl methyl sites for hydroxylation is 1. The lowest BCUT2D eigenvalue weighted by molar-refractivity contribution is 0.304. The Morgan fingerprint density at radius 1 is 1.16 bits per heavy atom. The summed E-state index contributed by atoms with van der Waals surface area (Å²) in [5.41, 5.74) is 2.84. The summed E-state index contributed by atoms with van der Waals surface area (Å²) in [6, 6.07) is 19.2. The van der Waals surface area contributed by atoms with E-state index in [1.54, 1.807) is 13.0 Å². The molecule has 0 amide bonds. The van der Waals surface area contributed by atoms with Crippen molar-refractivity contribution in [3.8, 4) is 22.9 Å². The predicted molar refractivity (Wildman–Crippen MR) is 100 cm³/mol. The number of ether oxygens (including phenoxy) is 1. The van der Waals surface area contributed by atoms with E-state index in [9.17, 15) is 10.1 Å². The largest absolute Gasteiger partial charge is 0.488 e. The second-order valence-electron chi connectivity index (χ2n) is 5.60. The average Bonchev–Trinajstić information content (AvgIpc) is 2.61. The molecule has 0 aliphatic rings. The van der Waals surface area contributed by atoms with Crippen molar-refractivity contribution in [1.82, 2.24) is 4.98 Å². The topological polar surface area (TPSA) is 65.9 Å². The van der Waals surface area contributed by atoms with Gasteiger partial charge in [-0.05, 0) is 52.2 Å². The molecule has 0 bridgehead atoms. The molecule has 3 aromatic rings. The smallest absolute Gasteiger partial charge is 0.266 e. The molecular weight excluding hydrogens is 380 g/mol. The third-order valence-electron chi connectivity index (χ3n) is 3.76. The van der Waals surface area contributed by atoms with Crippen molar-refractivity contribution in [2.75, 3.05) is 0 Å². The fourth-order valence-electron chi connectivity index (χ4n) is 2.54. The van der Waals surface area contributed by atoms with Crippen molar-refractivity contribution in [2.45, 2.75) is 13.5 Å². The van der Waals surface area contributed by atoms with Crippen LogP contribution >= 0.6 is 15.9 Å². The summed E-state index contributed by atoms with van der Waals surface area (Å²) in [5.74, 6) is 0.656. The van der Waals surface area contributed by atoms with Crippen molar-refractivity contribution in [1.29, 1.82) is 5.26 Å². The molecule has 4 nitrogen and oxygen atoms in total. The van der Waals surface area contributed by atoms with E-state index < -0.39 is 0 Å². The molecule has 0 spiro atoms. The Balaban J connectivity index is 1.98. The van der Waals surface area contributed by atoms with Gasteiger partial charge >= 0.3 is 0 Å². The lowest BCUT2D eigenvalue weighted by Crippen LogP contribution is -2.12. The van der Waals surface area contributed by atoms with Crippen LogP contribution in [0.15, 0.2) is 63.9 Å². The van der Waals surface area contributed by atoms with E-state index in [1.807, 2.05) is 54.6 Å².